The maximum Gasteiger partial charge on any atom is 0.328 e. The van der Waals surface area contributed by atoms with Crippen molar-refractivity contribution in [3.8, 4) is 0 Å². The average molecular weight is 411 g/mol. The molecule has 0 bridgehead atoms. The standard InChI is InChI=1S/C19H21N7O4/c27-17-15-13-14(26(29)30)3-4-16(15)22-19(28)25(17)8-2-7-23-9-11-24(12-10-23)18-20-5-1-6-21-18/h1,3-6,13H,2,7-12H2,(H,22,28). The third-order valence-electron chi connectivity index (χ3n) is 5.24. The van der Waals surface area contributed by atoms with Gasteiger partial charge in [0, 0.05) is 57.3 Å². The average Bonchev–Trinajstić information content (AvgIpc) is 2.77. The van der Waals surface area contributed by atoms with Gasteiger partial charge in [-0.25, -0.2) is 14.8 Å². The topological polar surface area (TPSA) is 130 Å². The maximum absolute atomic E-state index is 12.7. The Labute approximate surface area is 170 Å². The molecule has 11 heteroatoms. The number of fused-ring (bicyclic) bond motifs is 1. The van der Waals surface area contributed by atoms with Gasteiger partial charge in [-0.15, -0.1) is 0 Å². The molecule has 1 aliphatic rings. The molecule has 0 amide bonds. The summed E-state index contributed by atoms with van der Waals surface area (Å²) < 4.78 is 1.11. The van der Waals surface area contributed by atoms with E-state index in [1.807, 2.05) is 0 Å². The number of nitro benzene ring substituents is 1. The highest BCUT2D eigenvalue weighted by atomic mass is 16.6. The number of nitrogens with one attached hydrogen (secondary N) is 1. The molecule has 30 heavy (non-hydrogen) atoms. The Bertz CT molecular complexity index is 1170. The van der Waals surface area contributed by atoms with Gasteiger partial charge in [-0.05, 0) is 25.1 Å². The molecule has 1 aromatic carbocycles. The number of rotatable bonds is 6. The Morgan fingerprint density at radius 2 is 1.80 bits per heavy atom. The van der Waals surface area contributed by atoms with Gasteiger partial charge < -0.3 is 9.88 Å². The Hall–Kier alpha value is -3.60. The predicted octanol–water partition coefficient (Wildman–Crippen LogP) is 0.600. The zero-order valence-corrected chi connectivity index (χ0v) is 16.2. The second-order valence-electron chi connectivity index (χ2n) is 7.10. The van der Waals surface area contributed by atoms with Crippen molar-refractivity contribution in [1.82, 2.24) is 24.4 Å². The largest absolute Gasteiger partial charge is 0.338 e. The lowest BCUT2D eigenvalue weighted by Gasteiger charge is -2.34. The van der Waals surface area contributed by atoms with Gasteiger partial charge in [-0.1, -0.05) is 0 Å². The third-order valence-corrected chi connectivity index (χ3v) is 5.24. The van der Waals surface area contributed by atoms with Crippen molar-refractivity contribution < 1.29 is 4.92 Å². The number of aromatic amines is 1. The Morgan fingerprint density at radius 1 is 1.07 bits per heavy atom. The molecule has 0 spiro atoms. The van der Waals surface area contributed by atoms with Crippen LogP contribution in [0.4, 0.5) is 11.6 Å². The number of hydrogen-bond donors (Lipinski definition) is 1. The van der Waals surface area contributed by atoms with Crippen molar-refractivity contribution in [2.75, 3.05) is 37.6 Å². The Kier molecular flexibility index (Phi) is 5.53. The van der Waals surface area contributed by atoms with E-state index in [9.17, 15) is 19.7 Å². The van der Waals surface area contributed by atoms with Gasteiger partial charge in [0.05, 0.1) is 15.8 Å². The summed E-state index contributed by atoms with van der Waals surface area (Å²) in [6, 6.07) is 5.64. The van der Waals surface area contributed by atoms with Crippen LogP contribution < -0.4 is 16.1 Å². The minimum atomic E-state index is -0.561. The van der Waals surface area contributed by atoms with E-state index >= 15 is 0 Å². The molecule has 3 aromatic rings. The number of benzene rings is 1. The molecular weight excluding hydrogens is 390 g/mol. The van der Waals surface area contributed by atoms with E-state index in [4.69, 9.17) is 0 Å². The summed E-state index contributed by atoms with van der Waals surface area (Å²) in [5.41, 5.74) is -0.902. The molecule has 0 unspecified atom stereocenters. The van der Waals surface area contributed by atoms with Crippen LogP contribution >= 0.6 is 0 Å². The first-order valence-electron chi connectivity index (χ1n) is 9.68. The highest BCUT2D eigenvalue weighted by Gasteiger charge is 2.19. The lowest BCUT2D eigenvalue weighted by molar-refractivity contribution is -0.384. The number of nitrogens with zero attached hydrogens (tertiary/aromatic N) is 6. The normalized spacial score (nSPS) is 14.9. The molecule has 0 aliphatic carbocycles. The van der Waals surface area contributed by atoms with E-state index in [-0.39, 0.29) is 17.6 Å². The third kappa shape index (κ3) is 4.06. The van der Waals surface area contributed by atoms with Crippen molar-refractivity contribution in [2.24, 2.45) is 0 Å². The van der Waals surface area contributed by atoms with Gasteiger partial charge in [0.1, 0.15) is 0 Å². The van der Waals surface area contributed by atoms with Gasteiger partial charge in [0.15, 0.2) is 0 Å². The molecule has 4 rings (SSSR count). The molecule has 0 atom stereocenters. The van der Waals surface area contributed by atoms with E-state index in [0.29, 0.717) is 11.9 Å². The Balaban J connectivity index is 1.39. The monoisotopic (exact) mass is 411 g/mol. The smallest absolute Gasteiger partial charge is 0.328 e. The zero-order valence-electron chi connectivity index (χ0n) is 16.2. The summed E-state index contributed by atoms with van der Waals surface area (Å²) in [5.74, 6) is 0.723. The number of hydrogen-bond acceptors (Lipinski definition) is 8. The minimum absolute atomic E-state index is 0.139. The quantitative estimate of drug-likeness (QED) is 0.461. The van der Waals surface area contributed by atoms with E-state index in [1.54, 1.807) is 18.5 Å². The summed E-state index contributed by atoms with van der Waals surface area (Å²) in [6.45, 7) is 4.28. The summed E-state index contributed by atoms with van der Waals surface area (Å²) in [4.78, 5) is 51.0. The number of piperazine rings is 1. The van der Waals surface area contributed by atoms with Crippen molar-refractivity contribution in [3.05, 3.63) is 67.6 Å². The molecule has 1 fully saturated rings. The first kappa shape index (κ1) is 19.7. The van der Waals surface area contributed by atoms with Gasteiger partial charge >= 0.3 is 5.69 Å². The number of non-ortho nitro benzene ring substituents is 1. The van der Waals surface area contributed by atoms with Gasteiger partial charge in [0.25, 0.3) is 11.2 Å². The zero-order chi connectivity index (χ0) is 21.1. The van der Waals surface area contributed by atoms with Crippen LogP contribution in [0.2, 0.25) is 0 Å². The number of anilines is 1. The molecule has 1 saturated heterocycles. The van der Waals surface area contributed by atoms with Crippen LogP contribution in [-0.2, 0) is 6.54 Å². The fourth-order valence-electron chi connectivity index (χ4n) is 3.63. The van der Waals surface area contributed by atoms with Crippen LogP contribution in [-0.4, -0.2) is 62.1 Å². The Morgan fingerprint density at radius 3 is 2.50 bits per heavy atom. The van der Waals surface area contributed by atoms with Crippen molar-refractivity contribution in [1.29, 1.82) is 0 Å². The molecule has 0 radical (unpaired) electrons. The van der Waals surface area contributed by atoms with Crippen molar-refractivity contribution >= 4 is 22.5 Å². The second-order valence-corrected chi connectivity index (χ2v) is 7.10. The molecule has 3 heterocycles. The summed E-state index contributed by atoms with van der Waals surface area (Å²) >= 11 is 0. The van der Waals surface area contributed by atoms with E-state index < -0.39 is 16.2 Å². The van der Waals surface area contributed by atoms with Gasteiger partial charge in [-0.3, -0.25) is 24.4 Å². The van der Waals surface area contributed by atoms with Crippen molar-refractivity contribution in [2.45, 2.75) is 13.0 Å². The van der Waals surface area contributed by atoms with E-state index in [0.717, 1.165) is 43.2 Å². The molecule has 11 nitrogen and oxygen atoms in total. The van der Waals surface area contributed by atoms with Crippen molar-refractivity contribution in [3.63, 3.8) is 0 Å². The lowest BCUT2D eigenvalue weighted by Crippen LogP contribution is -2.47. The summed E-state index contributed by atoms with van der Waals surface area (Å²) in [5, 5.41) is 11.1. The first-order chi connectivity index (χ1) is 14.5. The first-order valence-corrected chi connectivity index (χ1v) is 9.68. The molecule has 2 aromatic heterocycles. The minimum Gasteiger partial charge on any atom is -0.338 e. The number of H-pyrrole nitrogens is 1. The van der Waals surface area contributed by atoms with E-state index in [2.05, 4.69) is 24.8 Å². The van der Waals surface area contributed by atoms with Crippen LogP contribution in [0.5, 0.6) is 0 Å². The molecular formula is C19H21N7O4. The van der Waals surface area contributed by atoms with Gasteiger partial charge in [-0.2, -0.15) is 0 Å². The lowest BCUT2D eigenvalue weighted by atomic mass is 10.2. The van der Waals surface area contributed by atoms with Crippen LogP contribution in [0.25, 0.3) is 10.9 Å². The molecule has 156 valence electrons. The SMILES string of the molecule is O=c1[nH]c2ccc([N+](=O)[O-])cc2c(=O)n1CCCN1CCN(c2ncccn2)CC1. The highest BCUT2D eigenvalue weighted by Crippen LogP contribution is 2.15. The van der Waals surface area contributed by atoms with Gasteiger partial charge in [0.2, 0.25) is 5.95 Å². The number of aromatic nitrogens is 4. The van der Waals surface area contributed by atoms with Crippen LogP contribution in [0.3, 0.4) is 0 Å². The van der Waals surface area contributed by atoms with Crippen LogP contribution in [0, 0.1) is 10.1 Å². The van der Waals surface area contributed by atoms with E-state index in [1.165, 1.54) is 18.2 Å². The molecule has 1 aliphatic heterocycles. The fourth-order valence-corrected chi connectivity index (χ4v) is 3.63. The number of nitro groups is 1. The predicted molar refractivity (Wildman–Crippen MR) is 111 cm³/mol. The highest BCUT2D eigenvalue weighted by molar-refractivity contribution is 5.79. The summed E-state index contributed by atoms with van der Waals surface area (Å²) in [7, 11) is 0. The molecule has 1 N–H and O–H groups in total. The molecule has 0 saturated carbocycles. The fraction of sp³-hybridized carbons (Fsp3) is 0.368. The maximum atomic E-state index is 12.7. The van der Waals surface area contributed by atoms with Crippen LogP contribution in [0.1, 0.15) is 6.42 Å². The summed E-state index contributed by atoms with van der Waals surface area (Å²) in [6.07, 6.45) is 4.07. The second kappa shape index (κ2) is 8.41. The van der Waals surface area contributed by atoms with Crippen LogP contribution in [0.15, 0.2) is 46.2 Å².